The Morgan fingerprint density at radius 2 is 2.00 bits per heavy atom. The van der Waals surface area contributed by atoms with Crippen LogP contribution in [0.15, 0.2) is 42.0 Å². The molecule has 0 bridgehead atoms. The van der Waals surface area contributed by atoms with Crippen molar-refractivity contribution in [3.63, 3.8) is 0 Å². The first-order valence-corrected chi connectivity index (χ1v) is 8.10. The van der Waals surface area contributed by atoms with Crippen LogP contribution in [0.1, 0.15) is 38.7 Å². The van der Waals surface area contributed by atoms with Crippen LogP contribution in [-0.4, -0.2) is 23.6 Å². The van der Waals surface area contributed by atoms with Gasteiger partial charge in [0.25, 0.3) is 0 Å². The second-order valence-electron chi connectivity index (χ2n) is 6.49. The van der Waals surface area contributed by atoms with Gasteiger partial charge in [-0.05, 0) is 42.4 Å². The number of hydrogen-bond acceptors (Lipinski definition) is 3. The number of aliphatic hydroxyl groups excluding tert-OH is 1. The van der Waals surface area contributed by atoms with Crippen LogP contribution < -0.4 is 0 Å². The molecule has 120 valence electrons. The third-order valence-corrected chi connectivity index (χ3v) is 4.06. The molecule has 3 nitrogen and oxygen atoms in total. The first kappa shape index (κ1) is 16.9. The van der Waals surface area contributed by atoms with Gasteiger partial charge in [-0.1, -0.05) is 44.2 Å². The average Bonchev–Trinajstić information content (AvgIpc) is 2.85. The van der Waals surface area contributed by atoms with Crippen molar-refractivity contribution in [3.05, 3.63) is 47.5 Å². The molecule has 0 saturated carbocycles. The maximum Gasteiger partial charge on any atom is 0.159 e. The summed E-state index contributed by atoms with van der Waals surface area (Å²) in [6, 6.07) is 10.0. The van der Waals surface area contributed by atoms with E-state index in [1.54, 1.807) is 6.08 Å². The number of ketones is 1. The highest BCUT2D eigenvalue weighted by Crippen LogP contribution is 2.29. The van der Waals surface area contributed by atoms with Crippen molar-refractivity contribution < 1.29 is 14.6 Å². The zero-order valence-electron chi connectivity index (χ0n) is 13.5. The minimum absolute atomic E-state index is 0.0208. The Morgan fingerprint density at radius 3 is 2.68 bits per heavy atom. The molecule has 2 atom stereocenters. The van der Waals surface area contributed by atoms with Crippen LogP contribution in [-0.2, 0) is 16.1 Å². The maximum atomic E-state index is 12.0. The Hall–Kier alpha value is -1.45. The minimum Gasteiger partial charge on any atom is -0.389 e. The second kappa shape index (κ2) is 8.25. The lowest BCUT2D eigenvalue weighted by atomic mass is 9.95. The topological polar surface area (TPSA) is 46.5 Å². The van der Waals surface area contributed by atoms with Crippen LogP contribution in [0.2, 0.25) is 0 Å². The Kier molecular flexibility index (Phi) is 6.34. The largest absolute Gasteiger partial charge is 0.389 e. The van der Waals surface area contributed by atoms with Gasteiger partial charge in [0.1, 0.15) is 0 Å². The highest BCUT2D eigenvalue weighted by Gasteiger charge is 2.28. The van der Waals surface area contributed by atoms with E-state index in [9.17, 15) is 9.90 Å². The minimum atomic E-state index is -0.473. The SMILES string of the molecule is CC(C)CC(O)C1=CC(=O)C(CCOCc2ccccc2)C1. The van der Waals surface area contributed by atoms with Crippen LogP contribution in [0.5, 0.6) is 0 Å². The highest BCUT2D eigenvalue weighted by atomic mass is 16.5. The van der Waals surface area contributed by atoms with E-state index in [1.165, 1.54) is 0 Å². The fourth-order valence-corrected chi connectivity index (χ4v) is 2.81. The summed E-state index contributed by atoms with van der Waals surface area (Å²) in [5, 5.41) is 10.1. The van der Waals surface area contributed by atoms with Gasteiger partial charge in [-0.15, -0.1) is 0 Å². The number of benzene rings is 1. The molecule has 22 heavy (non-hydrogen) atoms. The first-order valence-electron chi connectivity index (χ1n) is 8.10. The van der Waals surface area contributed by atoms with Crippen molar-refractivity contribution in [2.24, 2.45) is 11.8 Å². The van der Waals surface area contributed by atoms with Gasteiger partial charge < -0.3 is 9.84 Å². The van der Waals surface area contributed by atoms with Crippen molar-refractivity contribution in [3.8, 4) is 0 Å². The molecule has 2 rings (SSSR count). The van der Waals surface area contributed by atoms with Crippen molar-refractivity contribution in [1.29, 1.82) is 0 Å². The summed E-state index contributed by atoms with van der Waals surface area (Å²) in [4.78, 5) is 12.0. The summed E-state index contributed by atoms with van der Waals surface area (Å²) >= 11 is 0. The maximum absolute atomic E-state index is 12.0. The zero-order valence-corrected chi connectivity index (χ0v) is 13.5. The molecule has 3 heteroatoms. The fraction of sp³-hybridized carbons (Fsp3) is 0.526. The van der Waals surface area contributed by atoms with Gasteiger partial charge in [-0.2, -0.15) is 0 Å². The first-order chi connectivity index (χ1) is 10.6. The van der Waals surface area contributed by atoms with Crippen molar-refractivity contribution in [1.82, 2.24) is 0 Å². The summed E-state index contributed by atoms with van der Waals surface area (Å²) in [6.45, 7) is 5.32. The van der Waals surface area contributed by atoms with Crippen LogP contribution in [0.25, 0.3) is 0 Å². The van der Waals surface area contributed by atoms with Gasteiger partial charge in [-0.3, -0.25) is 4.79 Å². The van der Waals surface area contributed by atoms with Crippen molar-refractivity contribution in [2.45, 2.75) is 45.8 Å². The number of allylic oxidation sites excluding steroid dienone is 1. The van der Waals surface area contributed by atoms with E-state index in [-0.39, 0.29) is 11.7 Å². The van der Waals surface area contributed by atoms with Gasteiger partial charge in [0, 0.05) is 12.5 Å². The standard InChI is InChI=1S/C19H26O3/c1-14(2)10-18(20)17-11-16(19(21)12-17)8-9-22-13-15-6-4-3-5-7-15/h3-7,12,14,16,18,20H,8-11,13H2,1-2H3. The lowest BCUT2D eigenvalue weighted by Crippen LogP contribution is -2.14. The molecule has 1 aliphatic carbocycles. The summed E-state index contributed by atoms with van der Waals surface area (Å²) in [7, 11) is 0. The smallest absolute Gasteiger partial charge is 0.159 e. The summed E-state index contributed by atoms with van der Waals surface area (Å²) in [5.41, 5.74) is 2.04. The molecule has 0 radical (unpaired) electrons. The van der Waals surface area contributed by atoms with Gasteiger partial charge in [-0.25, -0.2) is 0 Å². The lowest BCUT2D eigenvalue weighted by molar-refractivity contribution is -0.118. The van der Waals surface area contributed by atoms with Gasteiger partial charge >= 0.3 is 0 Å². The van der Waals surface area contributed by atoms with E-state index in [2.05, 4.69) is 13.8 Å². The molecule has 0 spiro atoms. The van der Waals surface area contributed by atoms with E-state index in [0.29, 0.717) is 25.6 Å². The Balaban J connectivity index is 1.70. The molecule has 0 aromatic heterocycles. The number of carbonyl (C=O) groups excluding carboxylic acids is 1. The molecule has 2 unspecified atom stereocenters. The third kappa shape index (κ3) is 5.08. The number of carbonyl (C=O) groups is 1. The molecule has 0 fully saturated rings. The average molecular weight is 302 g/mol. The van der Waals surface area contributed by atoms with Crippen LogP contribution >= 0.6 is 0 Å². The molecule has 0 aliphatic heterocycles. The van der Waals surface area contributed by atoms with Crippen LogP contribution in [0.3, 0.4) is 0 Å². The van der Waals surface area contributed by atoms with E-state index >= 15 is 0 Å². The summed E-state index contributed by atoms with van der Waals surface area (Å²) < 4.78 is 5.65. The van der Waals surface area contributed by atoms with E-state index < -0.39 is 6.10 Å². The highest BCUT2D eigenvalue weighted by molar-refractivity contribution is 5.95. The third-order valence-electron chi connectivity index (χ3n) is 4.06. The number of ether oxygens (including phenoxy) is 1. The van der Waals surface area contributed by atoms with E-state index in [0.717, 1.165) is 24.0 Å². The molecule has 0 amide bonds. The van der Waals surface area contributed by atoms with Crippen LogP contribution in [0, 0.1) is 11.8 Å². The Labute approximate surface area is 133 Å². The fourth-order valence-electron chi connectivity index (χ4n) is 2.81. The predicted molar refractivity (Wildman–Crippen MR) is 87.4 cm³/mol. The van der Waals surface area contributed by atoms with E-state index in [4.69, 9.17) is 4.74 Å². The van der Waals surface area contributed by atoms with Gasteiger partial charge in [0.05, 0.1) is 12.7 Å². The molecular formula is C19H26O3. The molecule has 1 aromatic carbocycles. The quantitative estimate of drug-likeness (QED) is 0.747. The van der Waals surface area contributed by atoms with Gasteiger partial charge in [0.2, 0.25) is 0 Å². The molecule has 1 aliphatic rings. The molecule has 1 aromatic rings. The zero-order chi connectivity index (χ0) is 15.9. The van der Waals surface area contributed by atoms with E-state index in [1.807, 2.05) is 30.3 Å². The number of aliphatic hydroxyl groups is 1. The number of rotatable bonds is 8. The number of hydrogen-bond donors (Lipinski definition) is 1. The normalized spacial score (nSPS) is 19.5. The second-order valence-corrected chi connectivity index (χ2v) is 6.49. The monoisotopic (exact) mass is 302 g/mol. The molecule has 1 N–H and O–H groups in total. The van der Waals surface area contributed by atoms with Crippen molar-refractivity contribution >= 4 is 5.78 Å². The Morgan fingerprint density at radius 1 is 1.27 bits per heavy atom. The Bertz CT molecular complexity index is 505. The van der Waals surface area contributed by atoms with Crippen LogP contribution in [0.4, 0.5) is 0 Å². The van der Waals surface area contributed by atoms with Gasteiger partial charge in [0.15, 0.2) is 5.78 Å². The van der Waals surface area contributed by atoms with Crippen molar-refractivity contribution in [2.75, 3.05) is 6.61 Å². The lowest BCUT2D eigenvalue weighted by Gasteiger charge is -2.15. The molecule has 0 saturated heterocycles. The molecular weight excluding hydrogens is 276 g/mol. The predicted octanol–water partition coefficient (Wildman–Crippen LogP) is 3.52. The summed E-state index contributed by atoms with van der Waals surface area (Å²) in [6.07, 6.45) is 3.30. The molecule has 0 heterocycles. The summed E-state index contributed by atoms with van der Waals surface area (Å²) in [5.74, 6) is 0.549.